The van der Waals surface area contributed by atoms with Crippen LogP contribution in [0.4, 0.5) is 0 Å². The van der Waals surface area contributed by atoms with E-state index in [0.717, 1.165) is 0 Å². The molecule has 0 saturated carbocycles. The minimum absolute atomic E-state index is 0.0552. The van der Waals surface area contributed by atoms with E-state index < -0.39 is 48.9 Å². The van der Waals surface area contributed by atoms with E-state index in [0.29, 0.717) is 0 Å². The molecule has 174 valence electrons. The highest BCUT2D eigenvalue weighted by Crippen LogP contribution is 2.20. The van der Waals surface area contributed by atoms with Gasteiger partial charge in [-0.2, -0.15) is 0 Å². The average Bonchev–Trinajstić information content (AvgIpc) is 2.69. The van der Waals surface area contributed by atoms with Crippen LogP contribution in [0.3, 0.4) is 0 Å². The summed E-state index contributed by atoms with van der Waals surface area (Å²) in [4.78, 5) is 22.9. The van der Waals surface area contributed by atoms with E-state index in [4.69, 9.17) is 30.8 Å². The van der Waals surface area contributed by atoms with E-state index in [1.807, 2.05) is 0 Å². The van der Waals surface area contributed by atoms with E-state index in [-0.39, 0.29) is 52.5 Å². The van der Waals surface area contributed by atoms with Crippen molar-refractivity contribution in [1.82, 2.24) is 5.32 Å². The fourth-order valence-corrected chi connectivity index (χ4v) is 2.38. The summed E-state index contributed by atoms with van der Waals surface area (Å²) in [6.07, 6.45) is 1.05. The average molecular weight is 437 g/mol. The molecule has 0 heterocycles. The van der Waals surface area contributed by atoms with Crippen molar-refractivity contribution < 1.29 is 54.4 Å². The van der Waals surface area contributed by atoms with E-state index in [2.05, 4.69) is 11.2 Å². The smallest absolute Gasteiger partial charge is 0.364 e. The number of carbonyl (C=O) groups is 2. The summed E-state index contributed by atoms with van der Waals surface area (Å²) in [7, 11) is 0. The van der Waals surface area contributed by atoms with Gasteiger partial charge in [0.1, 0.15) is 13.2 Å². The Morgan fingerprint density at radius 1 is 1.10 bits per heavy atom. The molecule has 1 amide bonds. The maximum absolute atomic E-state index is 11.5. The SMILES string of the molecule is C#CCOCCOCCO[C@](O)(C[C@H](O)[C@H](C[C@H](O)CCO)NC(=O)CO)C(=O)O. The molecule has 12 heteroatoms. The molecule has 0 saturated heterocycles. The summed E-state index contributed by atoms with van der Waals surface area (Å²) in [5.74, 6) is -3.18. The number of amides is 1. The quantitative estimate of drug-likeness (QED) is 0.0648. The normalized spacial score (nSPS) is 16.1. The van der Waals surface area contributed by atoms with Crippen molar-refractivity contribution in [2.24, 2.45) is 0 Å². The third-order valence-corrected chi connectivity index (χ3v) is 3.89. The van der Waals surface area contributed by atoms with E-state index >= 15 is 0 Å². The summed E-state index contributed by atoms with van der Waals surface area (Å²) in [5.41, 5.74) is 0. The van der Waals surface area contributed by atoms with Crippen molar-refractivity contribution in [3.63, 3.8) is 0 Å². The number of carbonyl (C=O) groups excluding carboxylic acids is 1. The maximum atomic E-state index is 11.5. The lowest BCUT2D eigenvalue weighted by Gasteiger charge is -2.31. The van der Waals surface area contributed by atoms with Gasteiger partial charge in [-0.1, -0.05) is 5.92 Å². The molecule has 0 radical (unpaired) electrons. The van der Waals surface area contributed by atoms with Gasteiger partial charge in [-0.15, -0.1) is 6.42 Å². The van der Waals surface area contributed by atoms with Gasteiger partial charge in [0.25, 0.3) is 5.79 Å². The van der Waals surface area contributed by atoms with Crippen molar-refractivity contribution in [2.45, 2.75) is 43.3 Å². The summed E-state index contributed by atoms with van der Waals surface area (Å²) in [6.45, 7) is -1.16. The van der Waals surface area contributed by atoms with E-state index in [9.17, 15) is 30.0 Å². The number of aliphatic carboxylic acids is 1. The second-order valence-corrected chi connectivity index (χ2v) is 6.31. The lowest BCUT2D eigenvalue weighted by Crippen LogP contribution is -2.52. The number of aliphatic hydroxyl groups excluding tert-OH is 4. The zero-order valence-corrected chi connectivity index (χ0v) is 16.6. The van der Waals surface area contributed by atoms with Gasteiger partial charge in [-0.3, -0.25) is 4.79 Å². The van der Waals surface area contributed by atoms with Crippen LogP contribution in [0.15, 0.2) is 0 Å². The minimum Gasteiger partial charge on any atom is -0.477 e. The molecule has 0 aliphatic carbocycles. The molecule has 0 aromatic carbocycles. The number of hydrogen-bond donors (Lipinski definition) is 7. The highest BCUT2D eigenvalue weighted by molar-refractivity contribution is 5.77. The Hall–Kier alpha value is -1.82. The van der Waals surface area contributed by atoms with Gasteiger partial charge in [-0.05, 0) is 12.8 Å². The van der Waals surface area contributed by atoms with Crippen LogP contribution in [0.25, 0.3) is 0 Å². The molecule has 30 heavy (non-hydrogen) atoms. The van der Waals surface area contributed by atoms with Crippen LogP contribution in [-0.4, -0.2) is 113 Å². The number of hydrogen-bond acceptors (Lipinski definition) is 10. The molecule has 0 aliphatic heterocycles. The first-order valence-electron chi connectivity index (χ1n) is 9.26. The fraction of sp³-hybridized carbons (Fsp3) is 0.778. The maximum Gasteiger partial charge on any atom is 0.364 e. The Labute approximate surface area is 174 Å². The van der Waals surface area contributed by atoms with Crippen LogP contribution in [0.5, 0.6) is 0 Å². The van der Waals surface area contributed by atoms with Crippen molar-refractivity contribution >= 4 is 11.9 Å². The monoisotopic (exact) mass is 437 g/mol. The summed E-state index contributed by atoms with van der Waals surface area (Å²) >= 11 is 0. The van der Waals surface area contributed by atoms with Gasteiger partial charge in [0.15, 0.2) is 0 Å². The largest absolute Gasteiger partial charge is 0.477 e. The highest BCUT2D eigenvalue weighted by Gasteiger charge is 2.42. The number of aliphatic hydroxyl groups is 5. The van der Waals surface area contributed by atoms with E-state index in [1.165, 1.54) is 0 Å². The zero-order chi connectivity index (χ0) is 23.0. The van der Waals surface area contributed by atoms with Gasteiger partial charge >= 0.3 is 5.97 Å². The number of carboxylic acid groups (broad SMARTS) is 1. The third kappa shape index (κ3) is 12.0. The minimum atomic E-state index is -2.80. The Kier molecular flexibility index (Phi) is 15.0. The van der Waals surface area contributed by atoms with Crippen LogP contribution in [-0.2, 0) is 23.8 Å². The molecule has 0 spiro atoms. The lowest BCUT2D eigenvalue weighted by atomic mass is 9.96. The van der Waals surface area contributed by atoms with Crippen LogP contribution in [0.1, 0.15) is 19.3 Å². The topological polar surface area (TPSA) is 195 Å². The third-order valence-electron chi connectivity index (χ3n) is 3.89. The van der Waals surface area contributed by atoms with Crippen molar-refractivity contribution in [1.29, 1.82) is 0 Å². The Balaban J connectivity index is 4.79. The number of terminal acetylenes is 1. The van der Waals surface area contributed by atoms with E-state index in [1.54, 1.807) is 0 Å². The molecule has 12 nitrogen and oxygen atoms in total. The highest BCUT2D eigenvalue weighted by atomic mass is 16.7. The Morgan fingerprint density at radius 3 is 2.30 bits per heavy atom. The molecule has 0 bridgehead atoms. The lowest BCUT2D eigenvalue weighted by molar-refractivity contribution is -0.237. The van der Waals surface area contributed by atoms with Crippen LogP contribution < -0.4 is 5.32 Å². The number of rotatable bonds is 18. The Morgan fingerprint density at radius 2 is 1.73 bits per heavy atom. The van der Waals surface area contributed by atoms with Gasteiger partial charge in [0.2, 0.25) is 5.91 Å². The molecular weight excluding hydrogens is 406 g/mol. The van der Waals surface area contributed by atoms with Crippen molar-refractivity contribution in [2.75, 3.05) is 46.2 Å². The summed E-state index contributed by atoms with van der Waals surface area (Å²) < 4.78 is 15.1. The van der Waals surface area contributed by atoms with Gasteiger partial charge in [0, 0.05) is 13.0 Å². The zero-order valence-electron chi connectivity index (χ0n) is 16.6. The second-order valence-electron chi connectivity index (χ2n) is 6.31. The number of ether oxygens (including phenoxy) is 3. The van der Waals surface area contributed by atoms with Crippen LogP contribution in [0.2, 0.25) is 0 Å². The predicted molar refractivity (Wildman–Crippen MR) is 101 cm³/mol. The summed E-state index contributed by atoms with van der Waals surface area (Å²) in [5, 5.41) is 59.6. The van der Waals surface area contributed by atoms with Crippen molar-refractivity contribution in [3.05, 3.63) is 0 Å². The summed E-state index contributed by atoms with van der Waals surface area (Å²) in [6, 6.07) is -1.22. The van der Waals surface area contributed by atoms with Crippen molar-refractivity contribution in [3.8, 4) is 12.3 Å². The molecule has 0 aromatic heterocycles. The van der Waals surface area contributed by atoms with Crippen LogP contribution >= 0.6 is 0 Å². The molecule has 7 N–H and O–H groups in total. The molecule has 0 aliphatic rings. The van der Waals surface area contributed by atoms with Crippen LogP contribution in [0, 0.1) is 12.3 Å². The van der Waals surface area contributed by atoms with Gasteiger partial charge < -0.3 is 50.2 Å². The first-order chi connectivity index (χ1) is 14.2. The molecule has 4 atom stereocenters. The molecule has 0 fully saturated rings. The first-order valence-corrected chi connectivity index (χ1v) is 9.26. The number of nitrogens with one attached hydrogen (secondary N) is 1. The molecule has 0 aromatic rings. The molecule has 0 unspecified atom stereocenters. The first kappa shape index (κ1) is 28.2. The standard InChI is InChI=1S/C18H31NO11/c1-2-5-28-6-7-29-8-9-30-18(27,17(25)26)11-15(23)14(19-16(24)12-21)10-13(22)3-4-20/h1,13-15,20-23,27H,3-12H2,(H,19,24)(H,25,26)/t13-,14+,15+,18-/m1/s1. The van der Waals surface area contributed by atoms with Gasteiger partial charge in [0.05, 0.1) is 44.7 Å². The molecule has 0 rings (SSSR count). The predicted octanol–water partition coefficient (Wildman–Crippen LogP) is -3.20. The van der Waals surface area contributed by atoms with Gasteiger partial charge in [-0.25, -0.2) is 4.79 Å². The Bertz CT molecular complexity index is 539. The fourth-order valence-electron chi connectivity index (χ4n) is 2.38. The molecular formula is C18H31NO11. The second kappa shape index (κ2) is 15.9. The number of carboxylic acids is 1.